The number of imidazole rings is 1. The first-order chi connectivity index (χ1) is 28.5. The maximum Gasteiger partial charge on any atom is 0.472 e. The van der Waals surface area contributed by atoms with Gasteiger partial charge in [0.2, 0.25) is 0 Å². The number of anilines is 2. The van der Waals surface area contributed by atoms with E-state index in [1.54, 1.807) is 24.3 Å². The molecular weight excluding hydrogens is 842 g/mol. The summed E-state index contributed by atoms with van der Waals surface area (Å²) in [6.45, 7) is -1.56. The van der Waals surface area contributed by atoms with Crippen LogP contribution in [0.3, 0.4) is 0 Å². The number of nitrogens with one attached hydrogen (secondary N) is 1. The summed E-state index contributed by atoms with van der Waals surface area (Å²) in [5.74, 6) is -1.09. The molecule has 0 spiro atoms. The van der Waals surface area contributed by atoms with Gasteiger partial charge in [0.25, 0.3) is 0 Å². The Kier molecular flexibility index (Phi) is 14.3. The molecule has 2 aliphatic heterocycles. The van der Waals surface area contributed by atoms with Crippen molar-refractivity contribution in [3.05, 3.63) is 71.3 Å². The van der Waals surface area contributed by atoms with E-state index in [1.165, 1.54) is 23.2 Å². The molecule has 26 nitrogen and oxygen atoms in total. The summed E-state index contributed by atoms with van der Waals surface area (Å²) in [5, 5.41) is 14.0. The van der Waals surface area contributed by atoms with Crippen LogP contribution in [-0.2, 0) is 53.1 Å². The third-order valence-electron chi connectivity index (χ3n) is 9.12. The third kappa shape index (κ3) is 11.4. The number of fused-ring (bicyclic) bond motifs is 1. The highest BCUT2D eigenvalue weighted by atomic mass is 31.2. The van der Waals surface area contributed by atoms with Gasteiger partial charge in [-0.05, 0) is 24.5 Å². The highest BCUT2D eigenvalue weighted by molar-refractivity contribution is 7.47. The monoisotopic (exact) mass is 884 g/mol. The summed E-state index contributed by atoms with van der Waals surface area (Å²) in [6, 6.07) is 9.03. The molecule has 0 aliphatic carbocycles. The molecule has 2 unspecified atom stereocenters. The summed E-state index contributed by atoms with van der Waals surface area (Å²) in [4.78, 5) is 82.9. The topological polar surface area (TPSA) is 382 Å². The van der Waals surface area contributed by atoms with Gasteiger partial charge in [-0.3, -0.25) is 27.5 Å². The summed E-state index contributed by atoms with van der Waals surface area (Å²) >= 11 is 0. The molecule has 0 saturated carbocycles. The smallest absolute Gasteiger partial charge is 0.455 e. The minimum atomic E-state index is -5.19. The fourth-order valence-corrected chi connectivity index (χ4v) is 7.53. The summed E-state index contributed by atoms with van der Waals surface area (Å²) < 4.78 is 64.7. The number of aliphatic hydroxyl groups is 1. The van der Waals surface area contributed by atoms with Gasteiger partial charge in [0.05, 0.1) is 19.5 Å². The highest BCUT2D eigenvalue weighted by Gasteiger charge is 2.50. The molecule has 28 heteroatoms. The number of benzene rings is 1. The Labute approximate surface area is 338 Å². The van der Waals surface area contributed by atoms with Crippen molar-refractivity contribution in [2.75, 3.05) is 31.2 Å². The van der Waals surface area contributed by atoms with Crippen molar-refractivity contribution >= 4 is 50.5 Å². The van der Waals surface area contributed by atoms with Crippen LogP contribution in [-0.4, -0.2) is 117 Å². The summed E-state index contributed by atoms with van der Waals surface area (Å²) in [7, 11) is -10.3. The van der Waals surface area contributed by atoms with E-state index < -0.39 is 95.6 Å². The second-order valence-electron chi connectivity index (χ2n) is 13.4. The van der Waals surface area contributed by atoms with E-state index >= 15 is 0 Å². The predicted molar refractivity (Wildman–Crippen MR) is 201 cm³/mol. The van der Waals surface area contributed by atoms with Crippen LogP contribution in [0.5, 0.6) is 0 Å². The van der Waals surface area contributed by atoms with E-state index in [4.69, 9.17) is 45.2 Å². The van der Waals surface area contributed by atoms with Gasteiger partial charge in [-0.15, -0.1) is 0 Å². The van der Waals surface area contributed by atoms with Crippen molar-refractivity contribution in [3.8, 4) is 0 Å². The molecule has 0 radical (unpaired) electrons. The molecule has 2 aliphatic rings. The van der Waals surface area contributed by atoms with E-state index in [1.807, 2.05) is 6.07 Å². The lowest BCUT2D eigenvalue weighted by Crippen LogP contribution is -2.43. The first-order valence-corrected chi connectivity index (χ1v) is 21.0. The molecular formula is C32H42N10O16P2. The van der Waals surface area contributed by atoms with Crippen molar-refractivity contribution in [2.45, 2.75) is 74.9 Å². The zero-order chi connectivity index (χ0) is 43.2. The van der Waals surface area contributed by atoms with Gasteiger partial charge >= 0.3 is 33.4 Å². The molecule has 6 rings (SSSR count). The second-order valence-corrected chi connectivity index (χ2v) is 16.0. The maximum atomic E-state index is 13.4. The molecule has 4 aromatic rings. The number of phosphoric ester groups is 2. The lowest BCUT2D eigenvalue weighted by atomic mass is 10.1. The Balaban J connectivity index is 1.11. The van der Waals surface area contributed by atoms with Crippen LogP contribution in [0.25, 0.3) is 11.2 Å². The molecule has 1 aromatic carbocycles. The number of carbonyl (C=O) groups is 2. The van der Waals surface area contributed by atoms with Crippen LogP contribution < -0.4 is 28.2 Å². The molecule has 2 saturated heterocycles. The lowest BCUT2D eigenvalue weighted by molar-refractivity contribution is -0.158. The average Bonchev–Trinajstić information content (AvgIpc) is 3.89. The quantitative estimate of drug-likeness (QED) is 0.0349. The average molecular weight is 885 g/mol. The number of nitrogen functional groups attached to an aromatic ring is 2. The largest absolute Gasteiger partial charge is 0.472 e. The number of carbonyl (C=O) groups excluding carboxylic acids is 2. The Hall–Kier alpha value is -4.95. The van der Waals surface area contributed by atoms with Crippen molar-refractivity contribution in [1.82, 2.24) is 34.4 Å². The van der Waals surface area contributed by atoms with Gasteiger partial charge in [0, 0.05) is 19.2 Å². The maximum absolute atomic E-state index is 13.4. The number of phosphoric acid groups is 2. The molecule has 9 atom stereocenters. The summed E-state index contributed by atoms with van der Waals surface area (Å²) in [5.41, 5.74) is 17.8. The normalized spacial score (nSPS) is 24.5. The van der Waals surface area contributed by atoms with Crippen LogP contribution >= 0.6 is 15.6 Å². The number of nitrogens with zero attached hydrogens (tertiary/aromatic N) is 6. The number of nitrogens with two attached hydrogens (primary N) is 3. The molecule has 3 aromatic heterocycles. The Bertz CT molecular complexity index is 2280. The summed E-state index contributed by atoms with van der Waals surface area (Å²) in [6.07, 6.45) is -7.45. The second kappa shape index (κ2) is 19.2. The van der Waals surface area contributed by atoms with Crippen molar-refractivity contribution < 1.29 is 71.0 Å². The standard InChI is InChI=1S/C32H42N10O16P2/c33-18(7-4-9-36-32(46)52-12-17-5-2-1-3-6-17)30(44)57-26-21(56-29(25(26)43)42-16-39-24-27(35)37-15-38-28(24)42)14-54-60(50,51)58-19-11-23(41-10-8-22(34)40-31(41)45)55-20(19)13-53-59(47,48)49/h1-3,5-6,8,10,15-16,18-21,23,25-26,29,43H,4,7,9,11-14,33H2,(H,36,46)(H,50,51)(H2,34,40,45)(H2,35,37,38)(H2,47,48,49)/t18?,19-,20-,21+,23+,25+,26+,29+/m0/s1. The number of aliphatic hydroxyl groups excluding tert-OH is 1. The van der Waals surface area contributed by atoms with Gasteiger partial charge in [0.1, 0.15) is 61.0 Å². The van der Waals surface area contributed by atoms with E-state index in [-0.39, 0.29) is 55.2 Å². The van der Waals surface area contributed by atoms with E-state index in [2.05, 4.69) is 29.8 Å². The fraction of sp³-hybridized carbons (Fsp3) is 0.469. The Morgan fingerprint density at radius 3 is 2.48 bits per heavy atom. The number of ether oxygens (including phenoxy) is 4. The number of amides is 1. The van der Waals surface area contributed by atoms with Crippen molar-refractivity contribution in [3.63, 3.8) is 0 Å². The van der Waals surface area contributed by atoms with Crippen molar-refractivity contribution in [2.24, 2.45) is 5.73 Å². The SMILES string of the molecule is Nc1ccn([C@H]2C[C@H](OP(=O)(O)OC[C@H]3O[C@@H](n4cnc5c(N)ncnc54)[C@H](O)[C@@H]3OC(=O)C(N)CCCNC(=O)OCc3ccccc3)[C@H](COP(=O)(O)O)O2)c(=O)n1. The first kappa shape index (κ1) is 44.6. The fourth-order valence-electron chi connectivity index (χ4n) is 6.23. The van der Waals surface area contributed by atoms with Gasteiger partial charge in [-0.1, -0.05) is 30.3 Å². The Morgan fingerprint density at radius 1 is 1.00 bits per heavy atom. The van der Waals surface area contributed by atoms with E-state index in [9.17, 15) is 43.3 Å². The number of esters is 1. The molecule has 326 valence electrons. The van der Waals surface area contributed by atoms with E-state index in [0.29, 0.717) is 0 Å². The van der Waals surface area contributed by atoms with Crippen LogP contribution in [0.2, 0.25) is 0 Å². The van der Waals surface area contributed by atoms with Gasteiger partial charge in [-0.2, -0.15) is 4.98 Å². The first-order valence-electron chi connectivity index (χ1n) is 18.0. The number of rotatable bonds is 18. The van der Waals surface area contributed by atoms with Gasteiger partial charge in [0.15, 0.2) is 23.8 Å². The number of hydrogen-bond donors (Lipinski definition) is 8. The lowest BCUT2D eigenvalue weighted by Gasteiger charge is -2.24. The molecule has 60 heavy (non-hydrogen) atoms. The van der Waals surface area contributed by atoms with Crippen LogP contribution in [0, 0.1) is 0 Å². The third-order valence-corrected chi connectivity index (χ3v) is 10.6. The molecule has 5 heterocycles. The molecule has 0 bridgehead atoms. The molecule has 11 N–H and O–H groups in total. The molecule has 2 fully saturated rings. The zero-order valence-corrected chi connectivity index (χ0v) is 33.1. The number of aromatic nitrogens is 6. The Morgan fingerprint density at radius 2 is 1.75 bits per heavy atom. The zero-order valence-electron chi connectivity index (χ0n) is 31.3. The molecule has 1 amide bonds. The van der Waals surface area contributed by atoms with Gasteiger partial charge in [-0.25, -0.2) is 33.7 Å². The predicted octanol–water partition coefficient (Wildman–Crippen LogP) is -0.649. The van der Waals surface area contributed by atoms with Crippen molar-refractivity contribution in [1.29, 1.82) is 0 Å². The van der Waals surface area contributed by atoms with Crippen LogP contribution in [0.15, 0.2) is 60.0 Å². The van der Waals surface area contributed by atoms with Crippen LogP contribution in [0.1, 0.15) is 37.3 Å². The minimum Gasteiger partial charge on any atom is -0.455 e. The highest BCUT2D eigenvalue weighted by Crippen LogP contribution is 2.50. The van der Waals surface area contributed by atoms with Crippen LogP contribution in [0.4, 0.5) is 16.4 Å². The van der Waals surface area contributed by atoms with Gasteiger partial charge < -0.3 is 61.3 Å². The van der Waals surface area contributed by atoms with E-state index in [0.717, 1.165) is 16.5 Å². The minimum absolute atomic E-state index is 0.0116. The number of hydrogen-bond acceptors (Lipinski definition) is 20. The number of alkyl carbamates (subject to hydrolysis) is 1.